The van der Waals surface area contributed by atoms with Gasteiger partial charge in [0.05, 0.1) is 12.0 Å². The first-order valence-corrected chi connectivity index (χ1v) is 10.8. The zero-order valence-corrected chi connectivity index (χ0v) is 17.2. The number of hydrogen-bond donors (Lipinski definition) is 1. The third-order valence-electron chi connectivity index (χ3n) is 4.92. The van der Waals surface area contributed by atoms with Crippen molar-refractivity contribution in [3.8, 4) is 5.75 Å². The Morgan fingerprint density at radius 1 is 1.07 bits per heavy atom. The second-order valence-electron chi connectivity index (χ2n) is 7.48. The van der Waals surface area contributed by atoms with Crippen LogP contribution in [0.1, 0.15) is 30.6 Å². The van der Waals surface area contributed by atoms with Crippen LogP contribution in [0.2, 0.25) is 0 Å². The van der Waals surface area contributed by atoms with Crippen LogP contribution in [0.15, 0.2) is 53.4 Å². The maximum atomic E-state index is 12.9. The highest BCUT2D eigenvalue weighted by atomic mass is 32.2. The van der Waals surface area contributed by atoms with E-state index in [9.17, 15) is 13.2 Å². The molecule has 28 heavy (non-hydrogen) atoms. The minimum absolute atomic E-state index is 0.244. The van der Waals surface area contributed by atoms with Gasteiger partial charge in [-0.2, -0.15) is 4.31 Å². The number of rotatable bonds is 5. The number of nitrogens with one attached hydrogen (secondary N) is 1. The molecule has 0 spiro atoms. The Labute approximate surface area is 166 Å². The monoisotopic (exact) mass is 402 g/mol. The SMILES string of the molecule is COc1cccc(C(=O)Nc2ccc(S(=O)(=O)N3C[C@H](C)C[C@@H](C)C3)cc2)c1. The third-order valence-corrected chi connectivity index (χ3v) is 6.76. The average Bonchev–Trinajstić information content (AvgIpc) is 2.67. The molecule has 0 aromatic heterocycles. The fraction of sp³-hybridized carbons (Fsp3) is 0.381. The van der Waals surface area contributed by atoms with Gasteiger partial charge in [-0.3, -0.25) is 4.79 Å². The molecular weight excluding hydrogens is 376 g/mol. The van der Waals surface area contributed by atoms with Crippen LogP contribution in [0.5, 0.6) is 5.75 Å². The van der Waals surface area contributed by atoms with E-state index in [-0.39, 0.29) is 10.8 Å². The Morgan fingerprint density at radius 2 is 1.71 bits per heavy atom. The molecule has 1 N–H and O–H groups in total. The second-order valence-corrected chi connectivity index (χ2v) is 9.42. The van der Waals surface area contributed by atoms with Crippen molar-refractivity contribution in [2.45, 2.75) is 25.2 Å². The van der Waals surface area contributed by atoms with Gasteiger partial charge >= 0.3 is 0 Å². The molecule has 2 atom stereocenters. The summed E-state index contributed by atoms with van der Waals surface area (Å²) in [5.74, 6) is 1.01. The lowest BCUT2D eigenvalue weighted by molar-refractivity contribution is 0.102. The molecule has 7 heteroatoms. The number of sulfonamides is 1. The van der Waals surface area contributed by atoms with E-state index in [1.54, 1.807) is 59.9 Å². The minimum Gasteiger partial charge on any atom is -0.497 e. The molecule has 1 aliphatic rings. The predicted molar refractivity (Wildman–Crippen MR) is 109 cm³/mol. The van der Waals surface area contributed by atoms with Gasteiger partial charge in [-0.15, -0.1) is 0 Å². The molecule has 0 aliphatic carbocycles. The van der Waals surface area contributed by atoms with Gasteiger partial charge in [0.1, 0.15) is 5.75 Å². The maximum Gasteiger partial charge on any atom is 0.255 e. The smallest absolute Gasteiger partial charge is 0.255 e. The summed E-state index contributed by atoms with van der Waals surface area (Å²) in [6, 6.07) is 13.1. The Hall–Kier alpha value is -2.38. The van der Waals surface area contributed by atoms with Crippen molar-refractivity contribution < 1.29 is 17.9 Å². The van der Waals surface area contributed by atoms with Crippen molar-refractivity contribution in [2.24, 2.45) is 11.8 Å². The number of piperidine rings is 1. The van der Waals surface area contributed by atoms with Crippen molar-refractivity contribution in [2.75, 3.05) is 25.5 Å². The van der Waals surface area contributed by atoms with E-state index in [0.29, 0.717) is 41.9 Å². The summed E-state index contributed by atoms with van der Waals surface area (Å²) in [6.45, 7) is 5.24. The third kappa shape index (κ3) is 4.54. The zero-order valence-electron chi connectivity index (χ0n) is 16.4. The molecule has 2 aromatic rings. The molecule has 0 unspecified atom stereocenters. The Morgan fingerprint density at radius 3 is 2.32 bits per heavy atom. The highest BCUT2D eigenvalue weighted by Gasteiger charge is 2.31. The lowest BCUT2D eigenvalue weighted by Crippen LogP contribution is -2.42. The molecule has 2 aromatic carbocycles. The zero-order chi connectivity index (χ0) is 20.3. The second kappa shape index (κ2) is 8.32. The van der Waals surface area contributed by atoms with Gasteiger partial charge in [-0.05, 0) is 60.7 Å². The molecule has 150 valence electrons. The van der Waals surface area contributed by atoms with Crippen molar-refractivity contribution in [3.05, 3.63) is 54.1 Å². The van der Waals surface area contributed by atoms with Crippen LogP contribution in [0.3, 0.4) is 0 Å². The summed E-state index contributed by atoms with van der Waals surface area (Å²) in [5.41, 5.74) is 1.000. The number of amides is 1. The quantitative estimate of drug-likeness (QED) is 0.829. The molecule has 1 aliphatic heterocycles. The van der Waals surface area contributed by atoms with E-state index in [1.807, 2.05) is 0 Å². The van der Waals surface area contributed by atoms with E-state index < -0.39 is 10.0 Å². The Kier molecular flexibility index (Phi) is 6.05. The summed E-state index contributed by atoms with van der Waals surface area (Å²) in [4.78, 5) is 12.6. The summed E-state index contributed by atoms with van der Waals surface area (Å²) < 4.78 is 32.6. The van der Waals surface area contributed by atoms with Crippen molar-refractivity contribution in [1.29, 1.82) is 0 Å². The van der Waals surface area contributed by atoms with E-state index in [4.69, 9.17) is 4.74 Å². The van der Waals surface area contributed by atoms with Crippen molar-refractivity contribution >= 4 is 21.6 Å². The highest BCUT2D eigenvalue weighted by Crippen LogP contribution is 2.27. The molecular formula is C21H26N2O4S. The first-order valence-electron chi connectivity index (χ1n) is 9.35. The van der Waals surface area contributed by atoms with Crippen molar-refractivity contribution in [1.82, 2.24) is 4.31 Å². The van der Waals surface area contributed by atoms with Crippen LogP contribution < -0.4 is 10.1 Å². The van der Waals surface area contributed by atoms with E-state index in [1.165, 1.54) is 0 Å². The van der Waals surface area contributed by atoms with Crippen LogP contribution in [-0.4, -0.2) is 38.8 Å². The van der Waals surface area contributed by atoms with Crippen molar-refractivity contribution in [3.63, 3.8) is 0 Å². The molecule has 6 nitrogen and oxygen atoms in total. The number of benzene rings is 2. The number of ether oxygens (including phenoxy) is 1. The van der Waals surface area contributed by atoms with Crippen LogP contribution in [-0.2, 0) is 10.0 Å². The first-order chi connectivity index (χ1) is 13.3. The predicted octanol–water partition coefficient (Wildman–Crippen LogP) is 3.61. The van der Waals surface area contributed by atoms with E-state index in [0.717, 1.165) is 6.42 Å². The standard InChI is InChI=1S/C21H26N2O4S/c1-15-11-16(2)14-23(13-15)28(25,26)20-9-7-18(8-10-20)22-21(24)17-5-4-6-19(12-17)27-3/h4-10,12,15-16H,11,13-14H2,1-3H3,(H,22,24)/t15-,16-/m1/s1. The lowest BCUT2D eigenvalue weighted by atomic mass is 9.94. The molecule has 1 amide bonds. The lowest BCUT2D eigenvalue weighted by Gasteiger charge is -2.34. The number of methoxy groups -OCH3 is 1. The molecule has 0 bridgehead atoms. The number of hydrogen-bond acceptors (Lipinski definition) is 4. The molecule has 1 heterocycles. The summed E-state index contributed by atoms with van der Waals surface area (Å²) in [7, 11) is -1.99. The normalized spacial score (nSPS) is 20.5. The average molecular weight is 403 g/mol. The van der Waals surface area contributed by atoms with Gasteiger partial charge in [-0.25, -0.2) is 8.42 Å². The van der Waals surface area contributed by atoms with Crippen LogP contribution in [0.4, 0.5) is 5.69 Å². The largest absolute Gasteiger partial charge is 0.497 e. The summed E-state index contributed by atoms with van der Waals surface area (Å²) in [6.07, 6.45) is 1.04. The number of nitrogens with zero attached hydrogens (tertiary/aromatic N) is 1. The van der Waals surface area contributed by atoms with Gasteiger partial charge < -0.3 is 10.1 Å². The maximum absolute atomic E-state index is 12.9. The molecule has 0 saturated carbocycles. The van der Waals surface area contributed by atoms with Gasteiger partial charge in [0.15, 0.2) is 0 Å². The number of anilines is 1. The molecule has 1 fully saturated rings. The van der Waals surface area contributed by atoms with Gasteiger partial charge in [0.2, 0.25) is 10.0 Å². The number of carbonyl (C=O) groups excluding carboxylic acids is 1. The summed E-state index contributed by atoms with van der Waals surface area (Å²) >= 11 is 0. The van der Waals surface area contributed by atoms with Crippen LogP contribution in [0, 0.1) is 11.8 Å². The van der Waals surface area contributed by atoms with Gasteiger partial charge in [0, 0.05) is 24.3 Å². The fourth-order valence-corrected chi connectivity index (χ4v) is 5.31. The molecule has 3 rings (SSSR count). The first kappa shape index (κ1) is 20.4. The van der Waals surface area contributed by atoms with Crippen LogP contribution >= 0.6 is 0 Å². The van der Waals surface area contributed by atoms with Gasteiger partial charge in [0.25, 0.3) is 5.91 Å². The van der Waals surface area contributed by atoms with E-state index >= 15 is 0 Å². The topological polar surface area (TPSA) is 75.7 Å². The van der Waals surface area contributed by atoms with Gasteiger partial charge in [-0.1, -0.05) is 19.9 Å². The fourth-order valence-electron chi connectivity index (χ4n) is 3.63. The molecule has 1 saturated heterocycles. The summed E-state index contributed by atoms with van der Waals surface area (Å²) in [5, 5.41) is 2.78. The van der Waals surface area contributed by atoms with Crippen LogP contribution in [0.25, 0.3) is 0 Å². The molecule has 0 radical (unpaired) electrons. The Balaban J connectivity index is 1.73. The highest BCUT2D eigenvalue weighted by molar-refractivity contribution is 7.89. The number of carbonyl (C=O) groups is 1. The van der Waals surface area contributed by atoms with E-state index in [2.05, 4.69) is 19.2 Å². The minimum atomic E-state index is -3.53. The Bertz CT molecular complexity index is 931.